The van der Waals surface area contributed by atoms with Gasteiger partial charge in [0.2, 0.25) is 0 Å². The predicted octanol–water partition coefficient (Wildman–Crippen LogP) is 3.31. The number of carboxylic acid groups (broad SMARTS) is 1. The highest BCUT2D eigenvalue weighted by molar-refractivity contribution is 9.10. The lowest BCUT2D eigenvalue weighted by atomic mass is 10.1. The fourth-order valence-corrected chi connectivity index (χ4v) is 2.06. The number of hydrogen-bond donors (Lipinski definition) is 1. The Balaban J connectivity index is 2.34. The Morgan fingerprint density at radius 3 is 2.90 bits per heavy atom. The standard InChI is InChI=1S/C14H12BrFN2O2/c1-8(14(19)20)6-13-17-5-4-12(18-13)10-7-9(15)2-3-11(10)16/h2-5,7-8H,6H2,1H3,(H,19,20). The quantitative estimate of drug-likeness (QED) is 0.928. The van der Waals surface area contributed by atoms with Crippen LogP contribution in [0.15, 0.2) is 34.9 Å². The van der Waals surface area contributed by atoms with Crippen LogP contribution in [0.1, 0.15) is 12.7 Å². The fraction of sp³-hybridized carbons (Fsp3) is 0.214. The Hall–Kier alpha value is -1.82. The first-order valence-corrected chi connectivity index (χ1v) is 6.77. The molecule has 1 aromatic heterocycles. The third-order valence-corrected chi connectivity index (χ3v) is 3.31. The molecule has 1 heterocycles. The summed E-state index contributed by atoms with van der Waals surface area (Å²) < 4.78 is 14.5. The maximum atomic E-state index is 13.8. The van der Waals surface area contributed by atoms with E-state index in [-0.39, 0.29) is 12.2 Å². The van der Waals surface area contributed by atoms with Gasteiger partial charge in [0, 0.05) is 22.7 Å². The van der Waals surface area contributed by atoms with Gasteiger partial charge in [-0.1, -0.05) is 22.9 Å². The Kier molecular flexibility index (Phi) is 4.44. The van der Waals surface area contributed by atoms with Crippen LogP contribution in [0.25, 0.3) is 11.3 Å². The summed E-state index contributed by atoms with van der Waals surface area (Å²) in [5, 5.41) is 8.89. The smallest absolute Gasteiger partial charge is 0.306 e. The molecule has 0 amide bonds. The van der Waals surface area contributed by atoms with Crippen LogP contribution in [-0.2, 0) is 11.2 Å². The Morgan fingerprint density at radius 1 is 1.45 bits per heavy atom. The van der Waals surface area contributed by atoms with Gasteiger partial charge in [-0.25, -0.2) is 14.4 Å². The average Bonchev–Trinajstić information content (AvgIpc) is 2.41. The number of nitrogens with zero attached hydrogens (tertiary/aromatic N) is 2. The van der Waals surface area contributed by atoms with Crippen LogP contribution in [0.5, 0.6) is 0 Å². The third kappa shape index (κ3) is 3.39. The molecule has 0 aliphatic heterocycles. The molecule has 0 aliphatic rings. The van der Waals surface area contributed by atoms with Gasteiger partial charge in [0.1, 0.15) is 11.6 Å². The summed E-state index contributed by atoms with van der Waals surface area (Å²) in [5.74, 6) is -1.49. The Morgan fingerprint density at radius 2 is 2.20 bits per heavy atom. The molecule has 6 heteroatoms. The summed E-state index contributed by atoms with van der Waals surface area (Å²) in [5.41, 5.74) is 0.789. The highest BCUT2D eigenvalue weighted by Crippen LogP contribution is 2.24. The highest BCUT2D eigenvalue weighted by atomic mass is 79.9. The molecule has 104 valence electrons. The first-order valence-electron chi connectivity index (χ1n) is 5.97. The SMILES string of the molecule is CC(Cc1nccc(-c2cc(Br)ccc2F)n1)C(=O)O. The molecule has 0 bridgehead atoms. The maximum Gasteiger partial charge on any atom is 0.306 e. The third-order valence-electron chi connectivity index (χ3n) is 2.82. The van der Waals surface area contributed by atoms with Crippen LogP contribution < -0.4 is 0 Å². The van der Waals surface area contributed by atoms with Crippen molar-refractivity contribution >= 4 is 21.9 Å². The molecular weight excluding hydrogens is 327 g/mol. The second-order valence-corrected chi connectivity index (χ2v) is 5.34. The molecule has 2 rings (SSSR count). The van der Waals surface area contributed by atoms with Crippen molar-refractivity contribution in [2.45, 2.75) is 13.3 Å². The minimum absolute atomic E-state index is 0.207. The molecular formula is C14H12BrFN2O2. The Bertz CT molecular complexity index is 649. The molecule has 1 aromatic carbocycles. The molecule has 1 unspecified atom stereocenters. The lowest BCUT2D eigenvalue weighted by molar-refractivity contribution is -0.141. The van der Waals surface area contributed by atoms with E-state index in [1.165, 1.54) is 12.3 Å². The van der Waals surface area contributed by atoms with Gasteiger partial charge < -0.3 is 5.11 Å². The van der Waals surface area contributed by atoms with E-state index in [4.69, 9.17) is 5.11 Å². The second-order valence-electron chi connectivity index (χ2n) is 4.43. The van der Waals surface area contributed by atoms with E-state index in [9.17, 15) is 9.18 Å². The summed E-state index contributed by atoms with van der Waals surface area (Å²) in [6, 6.07) is 6.18. The molecule has 4 nitrogen and oxygen atoms in total. The van der Waals surface area contributed by atoms with Gasteiger partial charge in [0.25, 0.3) is 0 Å². The lowest BCUT2D eigenvalue weighted by Gasteiger charge is -2.07. The van der Waals surface area contributed by atoms with Crippen molar-refractivity contribution in [1.29, 1.82) is 0 Å². The number of carboxylic acids is 1. The van der Waals surface area contributed by atoms with Crippen LogP contribution in [0, 0.1) is 11.7 Å². The van der Waals surface area contributed by atoms with E-state index in [2.05, 4.69) is 25.9 Å². The molecule has 20 heavy (non-hydrogen) atoms. The molecule has 1 atom stereocenters. The van der Waals surface area contributed by atoms with Gasteiger partial charge in [0.05, 0.1) is 11.6 Å². The van der Waals surface area contributed by atoms with Crippen LogP contribution in [0.3, 0.4) is 0 Å². The number of benzene rings is 1. The van der Waals surface area contributed by atoms with Gasteiger partial charge in [-0.2, -0.15) is 0 Å². The zero-order chi connectivity index (χ0) is 14.7. The zero-order valence-corrected chi connectivity index (χ0v) is 12.3. The normalized spacial score (nSPS) is 12.2. The molecule has 0 radical (unpaired) electrons. The summed E-state index contributed by atoms with van der Waals surface area (Å²) >= 11 is 3.28. The van der Waals surface area contributed by atoms with E-state index in [1.54, 1.807) is 25.1 Å². The largest absolute Gasteiger partial charge is 0.481 e. The lowest BCUT2D eigenvalue weighted by Crippen LogP contribution is -2.14. The van der Waals surface area contributed by atoms with Gasteiger partial charge in [-0.3, -0.25) is 4.79 Å². The van der Waals surface area contributed by atoms with Crippen molar-refractivity contribution in [2.24, 2.45) is 5.92 Å². The van der Waals surface area contributed by atoms with Crippen molar-refractivity contribution < 1.29 is 14.3 Å². The number of halogens is 2. The molecule has 1 N–H and O–H groups in total. The van der Waals surface area contributed by atoms with E-state index in [0.717, 1.165) is 4.47 Å². The predicted molar refractivity (Wildman–Crippen MR) is 75.6 cm³/mol. The minimum Gasteiger partial charge on any atom is -0.481 e. The van der Waals surface area contributed by atoms with Gasteiger partial charge >= 0.3 is 5.97 Å². The molecule has 0 fully saturated rings. The van der Waals surface area contributed by atoms with Crippen LogP contribution in [0.2, 0.25) is 0 Å². The molecule has 0 saturated carbocycles. The van der Waals surface area contributed by atoms with E-state index in [0.29, 0.717) is 17.1 Å². The summed E-state index contributed by atoms with van der Waals surface area (Å²) in [7, 11) is 0. The number of carbonyl (C=O) groups is 1. The van der Waals surface area contributed by atoms with Gasteiger partial charge in [-0.15, -0.1) is 0 Å². The van der Waals surface area contributed by atoms with Crippen LogP contribution in [0.4, 0.5) is 4.39 Å². The van der Waals surface area contributed by atoms with Crippen molar-refractivity contribution in [3.05, 3.63) is 46.6 Å². The Labute approximate surface area is 123 Å². The van der Waals surface area contributed by atoms with E-state index >= 15 is 0 Å². The molecule has 0 saturated heterocycles. The van der Waals surface area contributed by atoms with Gasteiger partial charge in [0.15, 0.2) is 0 Å². The first kappa shape index (κ1) is 14.6. The van der Waals surface area contributed by atoms with E-state index < -0.39 is 11.9 Å². The van der Waals surface area contributed by atoms with Crippen molar-refractivity contribution in [1.82, 2.24) is 9.97 Å². The first-order chi connectivity index (χ1) is 9.47. The van der Waals surface area contributed by atoms with Crippen molar-refractivity contribution in [2.75, 3.05) is 0 Å². The average molecular weight is 339 g/mol. The second kappa shape index (κ2) is 6.09. The van der Waals surface area contributed by atoms with Crippen molar-refractivity contribution in [3.63, 3.8) is 0 Å². The fourth-order valence-electron chi connectivity index (χ4n) is 1.70. The molecule has 0 spiro atoms. The minimum atomic E-state index is -0.910. The van der Waals surface area contributed by atoms with Crippen LogP contribution in [-0.4, -0.2) is 21.0 Å². The monoisotopic (exact) mass is 338 g/mol. The van der Waals surface area contributed by atoms with Crippen molar-refractivity contribution in [3.8, 4) is 11.3 Å². The number of aliphatic carboxylic acids is 1. The topological polar surface area (TPSA) is 63.1 Å². The van der Waals surface area contributed by atoms with Crippen LogP contribution >= 0.6 is 15.9 Å². The van der Waals surface area contributed by atoms with Gasteiger partial charge in [-0.05, 0) is 24.3 Å². The number of hydrogen-bond acceptors (Lipinski definition) is 3. The molecule has 2 aromatic rings. The summed E-state index contributed by atoms with van der Waals surface area (Å²) in [4.78, 5) is 19.1. The number of rotatable bonds is 4. The zero-order valence-electron chi connectivity index (χ0n) is 10.7. The summed E-state index contributed by atoms with van der Waals surface area (Å²) in [6.45, 7) is 1.58. The summed E-state index contributed by atoms with van der Waals surface area (Å²) in [6.07, 6.45) is 1.71. The maximum absolute atomic E-state index is 13.8. The molecule has 0 aliphatic carbocycles. The van der Waals surface area contributed by atoms with E-state index in [1.807, 2.05) is 0 Å². The highest BCUT2D eigenvalue weighted by Gasteiger charge is 2.15. The number of aromatic nitrogens is 2.